The van der Waals surface area contributed by atoms with Crippen molar-refractivity contribution in [3.8, 4) is 78.7 Å². The van der Waals surface area contributed by atoms with Gasteiger partial charge in [-0.2, -0.15) is 0 Å². The number of fused-ring (bicyclic) bond motifs is 6. The van der Waals surface area contributed by atoms with Crippen LogP contribution in [0.3, 0.4) is 0 Å². The van der Waals surface area contributed by atoms with Crippen LogP contribution in [-0.4, -0.2) is 15.0 Å². The van der Waals surface area contributed by atoms with Gasteiger partial charge in [-0.3, -0.25) is 0 Å². The molecule has 0 amide bonds. The summed E-state index contributed by atoms with van der Waals surface area (Å²) in [6, 6.07) is 68.2. The molecule has 65 heavy (non-hydrogen) atoms. The number of nitrogens with zero attached hydrogens (tertiary/aromatic N) is 3. The lowest BCUT2D eigenvalue weighted by molar-refractivity contribution is -0.0399. The first-order chi connectivity index (χ1) is 32.1. The van der Waals surface area contributed by atoms with Crippen LogP contribution < -0.4 is 0 Å². The molecule has 5 aliphatic carbocycles. The number of benzene rings is 8. The van der Waals surface area contributed by atoms with Gasteiger partial charge in [0.05, 0.1) is 0 Å². The van der Waals surface area contributed by atoms with E-state index in [9.17, 15) is 0 Å². The molecule has 0 unspecified atom stereocenters. The van der Waals surface area contributed by atoms with E-state index in [0.717, 1.165) is 67.2 Å². The van der Waals surface area contributed by atoms with Crippen LogP contribution in [-0.2, 0) is 5.41 Å². The molecule has 310 valence electrons. The fourth-order valence-corrected chi connectivity index (χ4v) is 13.1. The molecule has 4 heteroatoms. The van der Waals surface area contributed by atoms with Crippen molar-refractivity contribution in [2.45, 2.75) is 37.5 Å². The Morgan fingerprint density at radius 1 is 0.338 bits per heavy atom. The lowest BCUT2D eigenvalue weighted by Gasteiger charge is -2.61. The van der Waals surface area contributed by atoms with Crippen LogP contribution in [0.2, 0.25) is 0 Å². The molecule has 4 bridgehead atoms. The minimum absolute atomic E-state index is 0.0283. The molecule has 0 aliphatic heterocycles. The topological polar surface area (TPSA) is 51.8 Å². The molecular weight excluding hydrogens is 791 g/mol. The van der Waals surface area contributed by atoms with E-state index in [4.69, 9.17) is 19.4 Å². The quantitative estimate of drug-likeness (QED) is 0.167. The van der Waals surface area contributed by atoms with Crippen LogP contribution in [0.1, 0.15) is 43.2 Å². The summed E-state index contributed by atoms with van der Waals surface area (Å²) >= 11 is 0. The Hall–Kier alpha value is -7.43. The summed E-state index contributed by atoms with van der Waals surface area (Å²) in [6.45, 7) is 0. The molecule has 0 atom stereocenters. The molecular formula is C61H45N3O. The van der Waals surface area contributed by atoms with E-state index >= 15 is 0 Å². The molecule has 0 N–H and O–H groups in total. The van der Waals surface area contributed by atoms with Gasteiger partial charge in [0.15, 0.2) is 17.5 Å². The second-order valence-electron chi connectivity index (χ2n) is 19.2. The third-order valence-corrected chi connectivity index (χ3v) is 15.7. The first-order valence-electron chi connectivity index (χ1n) is 23.4. The lowest BCUT2D eigenvalue weighted by Crippen LogP contribution is -2.55. The highest BCUT2D eigenvalue weighted by Crippen LogP contribution is 2.69. The maximum atomic E-state index is 6.31. The predicted molar refractivity (Wildman–Crippen MR) is 263 cm³/mol. The van der Waals surface area contributed by atoms with E-state index in [1.165, 1.54) is 59.9 Å². The van der Waals surface area contributed by atoms with Crippen molar-refractivity contribution in [1.29, 1.82) is 0 Å². The Labute approximate surface area is 378 Å². The van der Waals surface area contributed by atoms with E-state index < -0.39 is 0 Å². The van der Waals surface area contributed by atoms with Crippen molar-refractivity contribution in [1.82, 2.24) is 15.0 Å². The van der Waals surface area contributed by atoms with Crippen molar-refractivity contribution in [3.63, 3.8) is 0 Å². The second-order valence-corrected chi connectivity index (χ2v) is 19.2. The first kappa shape index (κ1) is 37.0. The number of aromatic nitrogens is 3. The van der Waals surface area contributed by atoms with E-state index in [1.54, 1.807) is 11.1 Å². The van der Waals surface area contributed by atoms with E-state index in [1.807, 2.05) is 48.5 Å². The molecule has 4 fully saturated rings. The Bertz CT molecular complexity index is 3410. The van der Waals surface area contributed by atoms with Crippen molar-refractivity contribution in [3.05, 3.63) is 199 Å². The first-order valence-corrected chi connectivity index (χ1v) is 23.4. The fraction of sp³-hybridized carbons (Fsp3) is 0.164. The highest BCUT2D eigenvalue weighted by molar-refractivity contribution is 6.06. The Kier molecular flexibility index (Phi) is 8.13. The van der Waals surface area contributed by atoms with Gasteiger partial charge < -0.3 is 4.42 Å². The highest BCUT2D eigenvalue weighted by Gasteiger charge is 2.61. The van der Waals surface area contributed by atoms with E-state index in [2.05, 4.69) is 140 Å². The van der Waals surface area contributed by atoms with Gasteiger partial charge in [0.2, 0.25) is 0 Å². The minimum Gasteiger partial charge on any atom is -0.456 e. The molecule has 0 radical (unpaired) electrons. The molecule has 5 aliphatic rings. The third-order valence-electron chi connectivity index (χ3n) is 15.7. The standard InChI is InChI=1S/C61H45N3O/c1-4-12-39(13-5-1)42-21-24-54-52(34-42)50-23-20-44(36-55(50)61(54)48-27-37-26-38(29-48)30-49(61)28-37)46-31-45(43-22-25-57-53(35-43)51-18-10-11-19-56(51)65-57)32-47(33-46)60-63-58(40-14-6-2-7-15-40)62-59(64-60)41-16-8-3-9-17-41/h1-25,31-38,48-49H,26-30H2. The zero-order valence-electron chi connectivity index (χ0n) is 36.0. The summed E-state index contributed by atoms with van der Waals surface area (Å²) in [4.78, 5) is 15.6. The summed E-state index contributed by atoms with van der Waals surface area (Å²) in [5.41, 5.74) is 17.8. The largest absolute Gasteiger partial charge is 0.456 e. The molecule has 0 saturated heterocycles. The number of para-hydroxylation sites is 1. The second kappa shape index (κ2) is 14.3. The Balaban J connectivity index is 0.987. The number of hydrogen-bond acceptors (Lipinski definition) is 4. The van der Waals surface area contributed by atoms with Gasteiger partial charge in [0, 0.05) is 32.9 Å². The van der Waals surface area contributed by atoms with E-state index in [0.29, 0.717) is 29.3 Å². The molecule has 8 aromatic carbocycles. The molecule has 10 aromatic rings. The normalized spacial score (nSPS) is 21.3. The SMILES string of the molecule is c1ccc(-c2ccc3c(c2)-c2ccc(-c4cc(-c5ccc6oc7ccccc7c6c5)cc(-c5nc(-c6ccccc6)nc(-c6ccccc6)n5)c4)cc2C32C3CC4CC(C3)CC2C4)cc1. The molecule has 2 aromatic heterocycles. The summed E-state index contributed by atoms with van der Waals surface area (Å²) in [6.07, 6.45) is 6.80. The van der Waals surface area contributed by atoms with Crippen LogP contribution in [0.4, 0.5) is 0 Å². The number of hydrogen-bond donors (Lipinski definition) is 0. The van der Waals surface area contributed by atoms with Crippen LogP contribution in [0.15, 0.2) is 192 Å². The van der Waals surface area contributed by atoms with Crippen molar-refractivity contribution in [2.24, 2.45) is 23.7 Å². The monoisotopic (exact) mass is 835 g/mol. The summed E-state index contributed by atoms with van der Waals surface area (Å²) < 4.78 is 6.31. The highest BCUT2D eigenvalue weighted by atomic mass is 16.3. The van der Waals surface area contributed by atoms with Gasteiger partial charge in [-0.05, 0) is 160 Å². The number of furan rings is 1. The molecule has 4 saturated carbocycles. The maximum absolute atomic E-state index is 6.31. The van der Waals surface area contributed by atoms with E-state index in [-0.39, 0.29) is 5.41 Å². The lowest BCUT2D eigenvalue weighted by atomic mass is 9.43. The predicted octanol–water partition coefficient (Wildman–Crippen LogP) is 15.5. The van der Waals surface area contributed by atoms with Gasteiger partial charge in [-0.1, -0.05) is 140 Å². The van der Waals surface area contributed by atoms with Gasteiger partial charge in [-0.25, -0.2) is 15.0 Å². The van der Waals surface area contributed by atoms with Crippen molar-refractivity contribution < 1.29 is 4.42 Å². The minimum atomic E-state index is 0.0283. The average Bonchev–Trinajstić information content (AvgIpc) is 3.88. The number of rotatable bonds is 6. The van der Waals surface area contributed by atoms with Crippen LogP contribution in [0, 0.1) is 23.7 Å². The van der Waals surface area contributed by atoms with Gasteiger partial charge in [0.1, 0.15) is 11.2 Å². The molecule has 15 rings (SSSR count). The summed E-state index contributed by atoms with van der Waals surface area (Å²) in [5.74, 6) is 5.01. The maximum Gasteiger partial charge on any atom is 0.164 e. The third kappa shape index (κ3) is 5.79. The Morgan fingerprint density at radius 2 is 0.846 bits per heavy atom. The average molecular weight is 836 g/mol. The van der Waals surface area contributed by atoms with Gasteiger partial charge in [-0.15, -0.1) is 0 Å². The fourth-order valence-electron chi connectivity index (χ4n) is 13.1. The Morgan fingerprint density at radius 3 is 1.51 bits per heavy atom. The van der Waals surface area contributed by atoms with Crippen molar-refractivity contribution >= 4 is 21.9 Å². The zero-order valence-corrected chi connectivity index (χ0v) is 36.0. The smallest absolute Gasteiger partial charge is 0.164 e. The van der Waals surface area contributed by atoms with Gasteiger partial charge >= 0.3 is 0 Å². The summed E-state index contributed by atoms with van der Waals surface area (Å²) in [5, 5.41) is 2.23. The van der Waals surface area contributed by atoms with Gasteiger partial charge in [0.25, 0.3) is 0 Å². The van der Waals surface area contributed by atoms with Crippen LogP contribution in [0.5, 0.6) is 0 Å². The zero-order chi connectivity index (χ0) is 42.6. The van der Waals surface area contributed by atoms with Crippen LogP contribution >= 0.6 is 0 Å². The molecule has 1 spiro atoms. The molecule has 2 heterocycles. The van der Waals surface area contributed by atoms with Crippen LogP contribution in [0.25, 0.3) is 101 Å². The molecule has 4 nitrogen and oxygen atoms in total. The van der Waals surface area contributed by atoms with Crippen molar-refractivity contribution in [2.75, 3.05) is 0 Å². The summed E-state index contributed by atoms with van der Waals surface area (Å²) in [7, 11) is 0.